The van der Waals surface area contributed by atoms with Crippen LogP contribution in [0.25, 0.3) is 10.9 Å². The van der Waals surface area contributed by atoms with Gasteiger partial charge in [0.25, 0.3) is 0 Å². The van der Waals surface area contributed by atoms with Gasteiger partial charge in [-0.3, -0.25) is 0 Å². The van der Waals surface area contributed by atoms with Gasteiger partial charge in [0.2, 0.25) is 0 Å². The average molecular weight is 290 g/mol. The van der Waals surface area contributed by atoms with Crippen LogP contribution >= 0.6 is 0 Å². The molecule has 0 saturated carbocycles. The Hall–Kier alpha value is -2.73. The second kappa shape index (κ2) is 6.36. The number of para-hydroxylation sites is 2. The maximum atomic E-state index is 9.36. The molecule has 2 aromatic carbocycles. The van der Waals surface area contributed by atoms with Gasteiger partial charge >= 0.3 is 0 Å². The normalized spacial score (nSPS) is 10.5. The molecule has 0 N–H and O–H groups in total. The largest absolute Gasteiger partial charge is 0.494 e. The van der Waals surface area contributed by atoms with E-state index < -0.39 is 0 Å². The highest BCUT2D eigenvalue weighted by Crippen LogP contribution is 2.25. The highest BCUT2D eigenvalue weighted by molar-refractivity contribution is 5.87. The summed E-state index contributed by atoms with van der Waals surface area (Å²) in [6, 6.07) is 20.2. The summed E-state index contributed by atoms with van der Waals surface area (Å²) in [7, 11) is 0. The molecule has 0 saturated heterocycles. The van der Waals surface area contributed by atoms with E-state index in [0.717, 1.165) is 40.9 Å². The molecule has 0 aliphatic carbocycles. The Kier molecular flexibility index (Phi) is 4.11. The monoisotopic (exact) mass is 290 g/mol. The number of nitrogens with zero attached hydrogens (tertiary/aromatic N) is 2. The zero-order chi connectivity index (χ0) is 15.4. The first kappa shape index (κ1) is 14.2. The van der Waals surface area contributed by atoms with Crippen molar-refractivity contribution in [1.82, 2.24) is 4.57 Å². The first-order valence-electron chi connectivity index (χ1n) is 7.47. The standard InChI is InChI=1S/C19H18N2O/c1-15-18(14-20)17-10-5-6-11-19(17)21(15)12-7-13-22-16-8-3-2-4-9-16/h2-6,8-11H,7,12-13H2,1H3. The van der Waals surface area contributed by atoms with Gasteiger partial charge in [0.15, 0.2) is 0 Å². The minimum atomic E-state index is 0.665. The third kappa shape index (κ3) is 2.68. The molecule has 3 nitrogen and oxygen atoms in total. The Balaban J connectivity index is 1.72. The SMILES string of the molecule is Cc1c(C#N)c2ccccc2n1CCCOc1ccccc1. The van der Waals surface area contributed by atoms with E-state index in [1.807, 2.05) is 55.5 Å². The van der Waals surface area contributed by atoms with Crippen molar-refractivity contribution >= 4 is 10.9 Å². The van der Waals surface area contributed by atoms with Crippen LogP contribution in [-0.4, -0.2) is 11.2 Å². The summed E-state index contributed by atoms with van der Waals surface area (Å²) in [5.41, 5.74) is 2.93. The Morgan fingerprint density at radius 1 is 1.05 bits per heavy atom. The first-order valence-corrected chi connectivity index (χ1v) is 7.47. The van der Waals surface area contributed by atoms with E-state index in [1.54, 1.807) is 0 Å². The van der Waals surface area contributed by atoms with Gasteiger partial charge in [-0.05, 0) is 31.5 Å². The third-order valence-corrected chi connectivity index (χ3v) is 3.88. The lowest BCUT2D eigenvalue weighted by atomic mass is 10.1. The van der Waals surface area contributed by atoms with Crippen LogP contribution in [-0.2, 0) is 6.54 Å². The smallest absolute Gasteiger partial charge is 0.119 e. The molecule has 0 aliphatic rings. The zero-order valence-electron chi connectivity index (χ0n) is 12.6. The van der Waals surface area contributed by atoms with Crippen LogP contribution in [0.15, 0.2) is 54.6 Å². The quantitative estimate of drug-likeness (QED) is 0.657. The van der Waals surface area contributed by atoms with Gasteiger partial charge in [-0.15, -0.1) is 0 Å². The lowest BCUT2D eigenvalue weighted by molar-refractivity contribution is 0.302. The Morgan fingerprint density at radius 3 is 2.55 bits per heavy atom. The van der Waals surface area contributed by atoms with Crippen LogP contribution in [0, 0.1) is 18.3 Å². The molecule has 0 atom stereocenters. The fourth-order valence-electron chi connectivity index (χ4n) is 2.79. The fraction of sp³-hybridized carbons (Fsp3) is 0.211. The molecule has 0 fully saturated rings. The molecule has 0 amide bonds. The number of aromatic nitrogens is 1. The van der Waals surface area contributed by atoms with Crippen LogP contribution in [0.1, 0.15) is 17.7 Å². The van der Waals surface area contributed by atoms with E-state index in [-0.39, 0.29) is 0 Å². The van der Waals surface area contributed by atoms with Crippen molar-refractivity contribution in [2.75, 3.05) is 6.61 Å². The molecular weight excluding hydrogens is 272 g/mol. The topological polar surface area (TPSA) is 38.0 Å². The van der Waals surface area contributed by atoms with Gasteiger partial charge in [-0.25, -0.2) is 0 Å². The van der Waals surface area contributed by atoms with E-state index in [9.17, 15) is 5.26 Å². The molecule has 3 rings (SSSR count). The maximum absolute atomic E-state index is 9.36. The molecule has 22 heavy (non-hydrogen) atoms. The predicted octanol–water partition coefficient (Wildman–Crippen LogP) is 4.29. The van der Waals surface area contributed by atoms with Gasteiger partial charge in [0, 0.05) is 23.1 Å². The Labute approximate surface area is 130 Å². The van der Waals surface area contributed by atoms with Crippen LogP contribution in [0.3, 0.4) is 0 Å². The molecule has 0 aliphatic heterocycles. The van der Waals surface area contributed by atoms with E-state index in [0.29, 0.717) is 6.61 Å². The number of fused-ring (bicyclic) bond motifs is 1. The Morgan fingerprint density at radius 2 is 1.77 bits per heavy atom. The number of nitriles is 1. The molecule has 1 aromatic heterocycles. The lowest BCUT2D eigenvalue weighted by Crippen LogP contribution is -2.06. The third-order valence-electron chi connectivity index (χ3n) is 3.88. The number of ether oxygens (including phenoxy) is 1. The predicted molar refractivity (Wildman–Crippen MR) is 87.9 cm³/mol. The van der Waals surface area contributed by atoms with Crippen LogP contribution in [0.2, 0.25) is 0 Å². The highest BCUT2D eigenvalue weighted by Gasteiger charge is 2.12. The summed E-state index contributed by atoms with van der Waals surface area (Å²) in [6.07, 6.45) is 0.902. The second-order valence-corrected chi connectivity index (χ2v) is 5.26. The molecule has 0 bridgehead atoms. The van der Waals surface area contributed by atoms with Crippen LogP contribution in [0.4, 0.5) is 0 Å². The van der Waals surface area contributed by atoms with Crippen molar-refractivity contribution in [3.8, 4) is 11.8 Å². The molecule has 1 heterocycles. The van der Waals surface area contributed by atoms with E-state index in [4.69, 9.17) is 4.74 Å². The zero-order valence-corrected chi connectivity index (χ0v) is 12.6. The van der Waals surface area contributed by atoms with E-state index >= 15 is 0 Å². The van der Waals surface area contributed by atoms with Crippen LogP contribution in [0.5, 0.6) is 5.75 Å². The number of aryl methyl sites for hydroxylation is 1. The highest BCUT2D eigenvalue weighted by atomic mass is 16.5. The van der Waals surface area contributed by atoms with Gasteiger partial charge in [0.05, 0.1) is 12.2 Å². The van der Waals surface area contributed by atoms with Gasteiger partial charge in [-0.1, -0.05) is 36.4 Å². The maximum Gasteiger partial charge on any atom is 0.119 e. The minimum Gasteiger partial charge on any atom is -0.494 e. The molecule has 3 heteroatoms. The molecule has 110 valence electrons. The van der Waals surface area contributed by atoms with Crippen LogP contribution < -0.4 is 4.74 Å². The molecular formula is C19H18N2O. The van der Waals surface area contributed by atoms with Crippen molar-refractivity contribution in [3.05, 3.63) is 65.9 Å². The van der Waals surface area contributed by atoms with Crippen molar-refractivity contribution < 1.29 is 4.74 Å². The minimum absolute atomic E-state index is 0.665. The van der Waals surface area contributed by atoms with Gasteiger partial charge < -0.3 is 9.30 Å². The summed E-state index contributed by atoms with van der Waals surface area (Å²) < 4.78 is 7.95. The summed E-state index contributed by atoms with van der Waals surface area (Å²) in [5, 5.41) is 10.4. The summed E-state index contributed by atoms with van der Waals surface area (Å²) in [5.74, 6) is 0.898. The number of rotatable bonds is 5. The average Bonchev–Trinajstić information content (AvgIpc) is 2.84. The summed E-state index contributed by atoms with van der Waals surface area (Å²) >= 11 is 0. The molecule has 0 unspecified atom stereocenters. The lowest BCUT2D eigenvalue weighted by Gasteiger charge is -2.09. The Bertz CT molecular complexity index is 813. The van der Waals surface area contributed by atoms with Crippen molar-refractivity contribution in [2.24, 2.45) is 0 Å². The summed E-state index contributed by atoms with van der Waals surface area (Å²) in [4.78, 5) is 0. The number of hydrogen-bond donors (Lipinski definition) is 0. The summed E-state index contributed by atoms with van der Waals surface area (Å²) in [6.45, 7) is 3.52. The molecule has 3 aromatic rings. The van der Waals surface area contributed by atoms with E-state index in [1.165, 1.54) is 0 Å². The molecule has 0 radical (unpaired) electrons. The van der Waals surface area contributed by atoms with E-state index in [2.05, 4.69) is 16.7 Å². The van der Waals surface area contributed by atoms with Gasteiger partial charge in [-0.2, -0.15) is 5.26 Å². The molecule has 0 spiro atoms. The van der Waals surface area contributed by atoms with Crippen molar-refractivity contribution in [3.63, 3.8) is 0 Å². The fourth-order valence-corrected chi connectivity index (χ4v) is 2.79. The van der Waals surface area contributed by atoms with Gasteiger partial charge in [0.1, 0.15) is 11.8 Å². The number of benzene rings is 2. The second-order valence-electron chi connectivity index (χ2n) is 5.26. The first-order chi connectivity index (χ1) is 10.8. The van der Waals surface area contributed by atoms with Crippen molar-refractivity contribution in [1.29, 1.82) is 5.26 Å². The number of hydrogen-bond acceptors (Lipinski definition) is 2. The van der Waals surface area contributed by atoms with Crippen molar-refractivity contribution in [2.45, 2.75) is 19.9 Å².